The predicted molar refractivity (Wildman–Crippen MR) is 65.1 cm³/mol. The van der Waals surface area contributed by atoms with Crippen molar-refractivity contribution in [2.75, 3.05) is 13.2 Å². The van der Waals surface area contributed by atoms with Crippen molar-refractivity contribution in [1.29, 1.82) is 0 Å². The van der Waals surface area contributed by atoms with E-state index in [1.165, 1.54) is 0 Å². The van der Waals surface area contributed by atoms with Crippen LogP contribution in [0.25, 0.3) is 10.8 Å². The zero-order valence-corrected chi connectivity index (χ0v) is 9.22. The summed E-state index contributed by atoms with van der Waals surface area (Å²) < 4.78 is 5.06. The van der Waals surface area contributed by atoms with Gasteiger partial charge >= 0.3 is 6.09 Å². The molecule has 2 N–H and O–H groups in total. The first-order valence-electron chi connectivity index (χ1n) is 5.35. The summed E-state index contributed by atoms with van der Waals surface area (Å²) in [5.74, 6) is 0.485. The van der Waals surface area contributed by atoms with Crippen LogP contribution >= 0.6 is 0 Å². The Hall–Kier alpha value is -2.07. The summed E-state index contributed by atoms with van der Waals surface area (Å²) in [6.07, 6.45) is -0.561. The standard InChI is InChI=1S/C13H13NO3/c15-8-7-14-13(16)17-12-6-5-10-3-1-2-4-11(10)9-12/h1-6,9,15H,7-8H2,(H,14,16). The first-order chi connectivity index (χ1) is 8.29. The highest BCUT2D eigenvalue weighted by Gasteiger charge is 2.03. The highest BCUT2D eigenvalue weighted by molar-refractivity contribution is 5.84. The zero-order valence-electron chi connectivity index (χ0n) is 9.22. The highest BCUT2D eigenvalue weighted by atomic mass is 16.6. The maximum atomic E-state index is 11.3. The van der Waals surface area contributed by atoms with Gasteiger partial charge in [-0.25, -0.2) is 4.79 Å². The fourth-order valence-corrected chi connectivity index (χ4v) is 1.53. The molecule has 4 heteroatoms. The number of hydrogen-bond acceptors (Lipinski definition) is 3. The second kappa shape index (κ2) is 5.32. The number of nitrogens with one attached hydrogen (secondary N) is 1. The minimum absolute atomic E-state index is 0.104. The van der Waals surface area contributed by atoms with E-state index in [0.717, 1.165) is 10.8 Å². The topological polar surface area (TPSA) is 58.6 Å². The van der Waals surface area contributed by atoms with Crippen LogP contribution < -0.4 is 10.1 Å². The smallest absolute Gasteiger partial charge is 0.410 e. The maximum Gasteiger partial charge on any atom is 0.412 e. The van der Waals surface area contributed by atoms with Crippen molar-refractivity contribution in [2.24, 2.45) is 0 Å². The number of fused-ring (bicyclic) bond motifs is 1. The van der Waals surface area contributed by atoms with Gasteiger partial charge in [0.1, 0.15) is 5.75 Å². The summed E-state index contributed by atoms with van der Waals surface area (Å²) in [6, 6.07) is 13.3. The second-order valence-corrected chi connectivity index (χ2v) is 3.55. The SMILES string of the molecule is O=C(NCCO)Oc1ccc2ccccc2c1. The molecule has 0 saturated heterocycles. The van der Waals surface area contributed by atoms with Gasteiger partial charge in [0, 0.05) is 6.54 Å². The van der Waals surface area contributed by atoms with Gasteiger partial charge in [-0.1, -0.05) is 30.3 Å². The maximum absolute atomic E-state index is 11.3. The molecule has 2 rings (SSSR count). The molecule has 0 fully saturated rings. The molecule has 0 bridgehead atoms. The molecule has 0 spiro atoms. The van der Waals surface area contributed by atoms with Crippen LogP contribution in [0.3, 0.4) is 0 Å². The number of carbonyl (C=O) groups excluding carboxylic acids is 1. The number of ether oxygens (including phenoxy) is 1. The van der Waals surface area contributed by atoms with Crippen molar-refractivity contribution in [3.05, 3.63) is 42.5 Å². The lowest BCUT2D eigenvalue weighted by atomic mass is 10.1. The molecule has 0 radical (unpaired) electrons. The van der Waals surface area contributed by atoms with Crippen molar-refractivity contribution >= 4 is 16.9 Å². The van der Waals surface area contributed by atoms with Crippen LogP contribution in [0.1, 0.15) is 0 Å². The fourth-order valence-electron chi connectivity index (χ4n) is 1.53. The van der Waals surface area contributed by atoms with Crippen LogP contribution in [0.2, 0.25) is 0 Å². The van der Waals surface area contributed by atoms with E-state index >= 15 is 0 Å². The largest absolute Gasteiger partial charge is 0.412 e. The number of rotatable bonds is 3. The third-order valence-electron chi connectivity index (χ3n) is 2.31. The van der Waals surface area contributed by atoms with Gasteiger partial charge in [0.15, 0.2) is 0 Å². The van der Waals surface area contributed by atoms with Crippen molar-refractivity contribution < 1.29 is 14.6 Å². The summed E-state index contributed by atoms with van der Waals surface area (Å²) in [5, 5.41) is 13.1. The molecule has 0 aliphatic carbocycles. The normalized spacial score (nSPS) is 10.2. The third-order valence-corrected chi connectivity index (χ3v) is 2.31. The Morgan fingerprint density at radius 1 is 1.18 bits per heavy atom. The number of aliphatic hydroxyl groups excluding tert-OH is 1. The first-order valence-corrected chi connectivity index (χ1v) is 5.35. The number of aliphatic hydroxyl groups is 1. The van der Waals surface area contributed by atoms with Gasteiger partial charge < -0.3 is 15.2 Å². The molecule has 0 unspecified atom stereocenters. The van der Waals surface area contributed by atoms with Gasteiger partial charge in [-0.15, -0.1) is 0 Å². The summed E-state index contributed by atoms with van der Waals surface area (Å²) in [5.41, 5.74) is 0. The molecule has 0 saturated carbocycles. The van der Waals surface area contributed by atoms with Gasteiger partial charge in [-0.05, 0) is 22.9 Å². The zero-order chi connectivity index (χ0) is 12.1. The van der Waals surface area contributed by atoms with Gasteiger partial charge in [0.25, 0.3) is 0 Å². The Morgan fingerprint density at radius 2 is 1.94 bits per heavy atom. The van der Waals surface area contributed by atoms with Gasteiger partial charge in [-0.3, -0.25) is 0 Å². The van der Waals surface area contributed by atoms with Crippen LogP contribution in [-0.4, -0.2) is 24.4 Å². The highest BCUT2D eigenvalue weighted by Crippen LogP contribution is 2.20. The Bertz CT molecular complexity index is 525. The molecule has 0 aliphatic rings. The predicted octanol–water partition coefficient (Wildman–Crippen LogP) is 1.92. The second-order valence-electron chi connectivity index (χ2n) is 3.55. The first kappa shape index (κ1) is 11.4. The minimum atomic E-state index is -0.561. The number of carbonyl (C=O) groups is 1. The third kappa shape index (κ3) is 2.95. The van der Waals surface area contributed by atoms with Crippen molar-refractivity contribution in [2.45, 2.75) is 0 Å². The lowest BCUT2D eigenvalue weighted by Crippen LogP contribution is -2.29. The van der Waals surface area contributed by atoms with E-state index in [9.17, 15) is 4.79 Å². The van der Waals surface area contributed by atoms with E-state index in [-0.39, 0.29) is 13.2 Å². The molecule has 2 aromatic rings. The molecule has 0 aliphatic heterocycles. The monoisotopic (exact) mass is 231 g/mol. The Morgan fingerprint density at radius 3 is 2.71 bits per heavy atom. The molecule has 0 heterocycles. The van der Waals surface area contributed by atoms with E-state index in [1.54, 1.807) is 12.1 Å². The molecule has 1 amide bonds. The lowest BCUT2D eigenvalue weighted by molar-refractivity contribution is 0.195. The quantitative estimate of drug-likeness (QED) is 0.848. The summed E-state index contributed by atoms with van der Waals surface area (Å²) >= 11 is 0. The van der Waals surface area contributed by atoms with E-state index in [0.29, 0.717) is 5.75 Å². The van der Waals surface area contributed by atoms with E-state index in [4.69, 9.17) is 9.84 Å². The number of hydrogen-bond donors (Lipinski definition) is 2. The Balaban J connectivity index is 2.11. The van der Waals surface area contributed by atoms with Gasteiger partial charge in [0.2, 0.25) is 0 Å². The van der Waals surface area contributed by atoms with Crippen molar-refractivity contribution in [3.8, 4) is 5.75 Å². The average Bonchev–Trinajstić information content (AvgIpc) is 2.36. The van der Waals surface area contributed by atoms with Gasteiger partial charge in [-0.2, -0.15) is 0 Å². The Kier molecular flexibility index (Phi) is 3.57. The summed E-state index contributed by atoms with van der Waals surface area (Å²) in [7, 11) is 0. The molecule has 0 aromatic heterocycles. The van der Waals surface area contributed by atoms with Crippen LogP contribution in [0, 0.1) is 0 Å². The minimum Gasteiger partial charge on any atom is -0.410 e. The van der Waals surface area contributed by atoms with Crippen molar-refractivity contribution in [3.63, 3.8) is 0 Å². The van der Waals surface area contributed by atoms with Crippen LogP contribution in [0.15, 0.2) is 42.5 Å². The molecular formula is C13H13NO3. The molecule has 0 atom stereocenters. The lowest BCUT2D eigenvalue weighted by Gasteiger charge is -2.06. The Labute approximate surface area is 98.8 Å². The molecular weight excluding hydrogens is 218 g/mol. The summed E-state index contributed by atoms with van der Waals surface area (Å²) in [4.78, 5) is 11.3. The van der Waals surface area contributed by atoms with Crippen molar-refractivity contribution in [1.82, 2.24) is 5.32 Å². The summed E-state index contributed by atoms with van der Waals surface area (Å²) in [6.45, 7) is 0.0826. The number of amides is 1. The fraction of sp³-hybridized carbons (Fsp3) is 0.154. The van der Waals surface area contributed by atoms with E-state index < -0.39 is 6.09 Å². The average molecular weight is 231 g/mol. The van der Waals surface area contributed by atoms with Gasteiger partial charge in [0.05, 0.1) is 6.61 Å². The van der Waals surface area contributed by atoms with Crippen LogP contribution in [0.5, 0.6) is 5.75 Å². The molecule has 17 heavy (non-hydrogen) atoms. The molecule has 2 aromatic carbocycles. The number of benzene rings is 2. The molecule has 88 valence electrons. The van der Waals surface area contributed by atoms with Crippen LogP contribution in [0.4, 0.5) is 4.79 Å². The van der Waals surface area contributed by atoms with E-state index in [2.05, 4.69) is 5.32 Å². The molecule has 4 nitrogen and oxygen atoms in total. The van der Waals surface area contributed by atoms with E-state index in [1.807, 2.05) is 30.3 Å². The van der Waals surface area contributed by atoms with Crippen LogP contribution in [-0.2, 0) is 0 Å².